The second-order valence-corrected chi connectivity index (χ2v) is 3.71. The first-order valence-electron chi connectivity index (χ1n) is 5.17. The van der Waals surface area contributed by atoms with E-state index in [1.165, 1.54) is 6.21 Å². The van der Waals surface area contributed by atoms with E-state index in [1.807, 2.05) is 13.0 Å². The molecule has 4 N–H and O–H groups in total. The predicted molar refractivity (Wildman–Crippen MR) is 70.6 cm³/mol. The van der Waals surface area contributed by atoms with Crippen molar-refractivity contribution in [2.45, 2.75) is 13.3 Å². The van der Waals surface area contributed by atoms with Crippen LogP contribution < -0.4 is 16.2 Å². The second-order valence-electron chi connectivity index (χ2n) is 3.31. The number of nitrogens with zero attached hydrogens (tertiary/aromatic N) is 2. The van der Waals surface area contributed by atoms with E-state index >= 15 is 0 Å². The summed E-state index contributed by atoms with van der Waals surface area (Å²) in [6.45, 7) is 2.67. The minimum atomic E-state index is -0.0877. The maximum atomic E-state index is 6.03. The van der Waals surface area contributed by atoms with E-state index < -0.39 is 0 Å². The molecule has 0 spiro atoms. The zero-order valence-electron chi connectivity index (χ0n) is 9.56. The Morgan fingerprint density at radius 2 is 2.24 bits per heavy atom. The Morgan fingerprint density at radius 3 is 2.82 bits per heavy atom. The fourth-order valence-corrected chi connectivity index (χ4v) is 1.33. The number of guanidine groups is 1. The molecule has 5 nitrogen and oxygen atoms in total. The summed E-state index contributed by atoms with van der Waals surface area (Å²) in [5.41, 5.74) is 11.1. The number of nitrogens with two attached hydrogens (primary N) is 2. The van der Waals surface area contributed by atoms with Crippen LogP contribution in [0.4, 0.5) is 0 Å². The quantitative estimate of drug-likeness (QED) is 0.477. The van der Waals surface area contributed by atoms with Crippen LogP contribution in [0.3, 0.4) is 0 Å². The fraction of sp³-hybridized carbons (Fsp3) is 0.273. The lowest BCUT2D eigenvalue weighted by molar-refractivity contribution is 0.317. The van der Waals surface area contributed by atoms with Gasteiger partial charge in [-0.1, -0.05) is 18.5 Å². The standard InChI is InChI=1S/C11H15ClN4O/c1-2-5-17-10-4-3-8(6-9(10)12)7-15-16-11(13)14/h3-4,6-7H,2,5H2,1H3,(H4,13,14,16). The van der Waals surface area contributed by atoms with Crippen LogP contribution in [0.1, 0.15) is 18.9 Å². The summed E-state index contributed by atoms with van der Waals surface area (Å²) in [7, 11) is 0. The molecule has 6 heteroatoms. The first kappa shape index (κ1) is 13.3. The van der Waals surface area contributed by atoms with Crippen molar-refractivity contribution >= 4 is 23.8 Å². The summed E-state index contributed by atoms with van der Waals surface area (Å²) < 4.78 is 5.44. The number of halogens is 1. The highest BCUT2D eigenvalue weighted by Crippen LogP contribution is 2.24. The predicted octanol–water partition coefficient (Wildman–Crippen LogP) is 1.74. The number of hydrogen-bond donors (Lipinski definition) is 2. The molecule has 0 fully saturated rings. The van der Waals surface area contributed by atoms with Gasteiger partial charge in [0, 0.05) is 0 Å². The largest absolute Gasteiger partial charge is 0.492 e. The second kappa shape index (κ2) is 6.75. The van der Waals surface area contributed by atoms with Crippen LogP contribution in [0.2, 0.25) is 5.02 Å². The van der Waals surface area contributed by atoms with Crippen LogP contribution in [0, 0.1) is 0 Å². The molecule has 0 saturated carbocycles. The summed E-state index contributed by atoms with van der Waals surface area (Å²) in [5.74, 6) is 0.572. The van der Waals surface area contributed by atoms with Crippen LogP contribution in [-0.2, 0) is 0 Å². The number of hydrogen-bond acceptors (Lipinski definition) is 3. The van der Waals surface area contributed by atoms with Gasteiger partial charge in [-0.05, 0) is 30.2 Å². The molecule has 0 bridgehead atoms. The van der Waals surface area contributed by atoms with E-state index in [0.717, 1.165) is 12.0 Å². The summed E-state index contributed by atoms with van der Waals surface area (Å²) in [6, 6.07) is 5.34. The van der Waals surface area contributed by atoms with Gasteiger partial charge in [0.2, 0.25) is 5.96 Å². The highest BCUT2D eigenvalue weighted by atomic mass is 35.5. The first-order chi connectivity index (χ1) is 8.13. The number of benzene rings is 1. The molecule has 0 aliphatic heterocycles. The molecule has 0 aromatic heterocycles. The highest BCUT2D eigenvalue weighted by molar-refractivity contribution is 6.32. The van der Waals surface area contributed by atoms with Crippen LogP contribution in [-0.4, -0.2) is 18.8 Å². The Labute approximate surface area is 105 Å². The molecule has 1 aromatic carbocycles. The van der Waals surface area contributed by atoms with Gasteiger partial charge in [-0.25, -0.2) is 0 Å². The minimum Gasteiger partial charge on any atom is -0.492 e. The van der Waals surface area contributed by atoms with E-state index in [0.29, 0.717) is 17.4 Å². The van der Waals surface area contributed by atoms with Gasteiger partial charge < -0.3 is 16.2 Å². The normalized spacial score (nSPS) is 10.5. The topological polar surface area (TPSA) is 86.0 Å². The van der Waals surface area contributed by atoms with Crippen molar-refractivity contribution in [2.24, 2.45) is 21.7 Å². The van der Waals surface area contributed by atoms with Gasteiger partial charge in [0.15, 0.2) is 0 Å². The van der Waals surface area contributed by atoms with Crippen molar-refractivity contribution in [3.63, 3.8) is 0 Å². The van der Waals surface area contributed by atoms with Gasteiger partial charge in [0.25, 0.3) is 0 Å². The van der Waals surface area contributed by atoms with Gasteiger partial charge in [0.05, 0.1) is 17.8 Å². The molecule has 1 aromatic rings. The van der Waals surface area contributed by atoms with Gasteiger partial charge in [0.1, 0.15) is 5.75 Å². The molecule has 0 heterocycles. The summed E-state index contributed by atoms with van der Waals surface area (Å²) in [6.07, 6.45) is 2.44. The van der Waals surface area contributed by atoms with Crippen molar-refractivity contribution in [2.75, 3.05) is 6.61 Å². The molecule has 92 valence electrons. The molecule has 0 aliphatic carbocycles. The van der Waals surface area contributed by atoms with Crippen molar-refractivity contribution in [3.05, 3.63) is 28.8 Å². The molecule has 0 radical (unpaired) electrons. The molecule has 17 heavy (non-hydrogen) atoms. The van der Waals surface area contributed by atoms with Crippen molar-refractivity contribution in [1.82, 2.24) is 0 Å². The van der Waals surface area contributed by atoms with Crippen LogP contribution in [0.15, 0.2) is 28.4 Å². The number of rotatable bonds is 5. The smallest absolute Gasteiger partial charge is 0.211 e. The van der Waals surface area contributed by atoms with Crippen molar-refractivity contribution in [3.8, 4) is 5.75 Å². The average Bonchev–Trinajstić information content (AvgIpc) is 2.27. The Kier molecular flexibility index (Phi) is 5.29. The third kappa shape index (κ3) is 4.74. The number of ether oxygens (including phenoxy) is 1. The van der Waals surface area contributed by atoms with E-state index in [4.69, 9.17) is 27.8 Å². The third-order valence-corrected chi connectivity index (χ3v) is 2.09. The Balaban J connectivity index is 2.74. The van der Waals surface area contributed by atoms with Crippen LogP contribution >= 0.6 is 11.6 Å². The fourth-order valence-electron chi connectivity index (χ4n) is 1.09. The molecule has 0 unspecified atom stereocenters. The van der Waals surface area contributed by atoms with Crippen molar-refractivity contribution in [1.29, 1.82) is 0 Å². The van der Waals surface area contributed by atoms with E-state index in [2.05, 4.69) is 10.2 Å². The third-order valence-electron chi connectivity index (χ3n) is 1.80. The zero-order chi connectivity index (χ0) is 12.7. The Morgan fingerprint density at radius 1 is 1.47 bits per heavy atom. The highest BCUT2D eigenvalue weighted by Gasteiger charge is 2.01. The molecule has 0 amide bonds. The molecular weight excluding hydrogens is 240 g/mol. The van der Waals surface area contributed by atoms with Gasteiger partial charge in [-0.3, -0.25) is 0 Å². The average molecular weight is 255 g/mol. The van der Waals surface area contributed by atoms with Gasteiger partial charge in [-0.2, -0.15) is 5.10 Å². The lowest BCUT2D eigenvalue weighted by Crippen LogP contribution is -2.21. The zero-order valence-corrected chi connectivity index (χ0v) is 10.3. The van der Waals surface area contributed by atoms with Gasteiger partial charge >= 0.3 is 0 Å². The molecular formula is C11H15ClN4O. The lowest BCUT2D eigenvalue weighted by atomic mass is 10.2. The van der Waals surface area contributed by atoms with Crippen molar-refractivity contribution < 1.29 is 4.74 Å². The first-order valence-corrected chi connectivity index (χ1v) is 5.55. The summed E-state index contributed by atoms with van der Waals surface area (Å²) in [5, 5.41) is 7.71. The van der Waals surface area contributed by atoms with E-state index in [9.17, 15) is 0 Å². The molecule has 0 aliphatic rings. The maximum absolute atomic E-state index is 6.03. The summed E-state index contributed by atoms with van der Waals surface area (Å²) >= 11 is 6.03. The van der Waals surface area contributed by atoms with E-state index in [-0.39, 0.29) is 5.96 Å². The molecule has 1 rings (SSSR count). The lowest BCUT2D eigenvalue weighted by Gasteiger charge is -2.06. The molecule has 0 atom stereocenters. The minimum absolute atomic E-state index is 0.0877. The monoisotopic (exact) mass is 254 g/mol. The Hall–Kier alpha value is -1.75. The SMILES string of the molecule is CCCOc1ccc(C=NN=C(N)N)cc1Cl. The maximum Gasteiger partial charge on any atom is 0.211 e. The Bertz CT molecular complexity index is 427. The van der Waals surface area contributed by atoms with Gasteiger partial charge in [-0.15, -0.1) is 5.10 Å². The van der Waals surface area contributed by atoms with Crippen LogP contribution in [0.25, 0.3) is 0 Å². The van der Waals surface area contributed by atoms with E-state index in [1.54, 1.807) is 12.1 Å². The summed E-state index contributed by atoms with van der Waals surface area (Å²) in [4.78, 5) is 0. The molecule has 0 saturated heterocycles. The van der Waals surface area contributed by atoms with Crippen LogP contribution in [0.5, 0.6) is 5.75 Å².